The summed E-state index contributed by atoms with van der Waals surface area (Å²) in [6, 6.07) is 10.2. The second-order valence-corrected chi connectivity index (χ2v) is 8.25. The van der Waals surface area contributed by atoms with Crippen molar-refractivity contribution in [2.75, 3.05) is 13.7 Å². The van der Waals surface area contributed by atoms with E-state index in [1.807, 2.05) is 22.8 Å². The van der Waals surface area contributed by atoms with Gasteiger partial charge < -0.3 is 9.30 Å². The topological polar surface area (TPSA) is 57.0 Å². The van der Waals surface area contributed by atoms with Gasteiger partial charge in [-0.15, -0.1) is 10.2 Å². The van der Waals surface area contributed by atoms with Gasteiger partial charge in [-0.05, 0) is 37.6 Å². The fourth-order valence-electron chi connectivity index (χ4n) is 2.91. The predicted octanol–water partition coefficient (Wildman–Crippen LogP) is 5.28. The number of hydrogen-bond acceptors (Lipinski definition) is 5. The van der Waals surface area contributed by atoms with Crippen molar-refractivity contribution in [1.29, 1.82) is 0 Å². The molecule has 2 aromatic carbocycles. The molecule has 0 radical (unpaired) electrons. The molecule has 0 amide bonds. The third kappa shape index (κ3) is 5.06. The van der Waals surface area contributed by atoms with Crippen molar-refractivity contribution in [2.24, 2.45) is 0 Å². The zero-order valence-corrected chi connectivity index (χ0v) is 18.0. The summed E-state index contributed by atoms with van der Waals surface area (Å²) in [6.45, 7) is 2.74. The third-order valence-corrected chi connectivity index (χ3v) is 5.82. The lowest BCUT2D eigenvalue weighted by molar-refractivity contribution is 0.0990. The standard InChI is InChI=1S/C21H20ClF2N3O2S/c1-13(19(28)16-9-8-14(23)12-18(16)24)30-21-26-25-20(27(21)10-5-11-29-2)15-6-3-4-7-17(15)22/h3-4,6-9,12-13H,5,10-11H2,1-2H3. The number of rotatable bonds is 9. The first kappa shape index (κ1) is 22.4. The van der Waals surface area contributed by atoms with Gasteiger partial charge in [0.1, 0.15) is 11.6 Å². The molecule has 9 heteroatoms. The van der Waals surface area contributed by atoms with E-state index in [0.717, 1.165) is 29.5 Å². The Hall–Kier alpha value is -2.29. The van der Waals surface area contributed by atoms with Gasteiger partial charge >= 0.3 is 0 Å². The molecule has 0 spiro atoms. The maximum Gasteiger partial charge on any atom is 0.192 e. The molecule has 0 aliphatic carbocycles. The van der Waals surface area contributed by atoms with Crippen LogP contribution >= 0.6 is 23.4 Å². The molecule has 0 N–H and O–H groups in total. The lowest BCUT2D eigenvalue weighted by atomic mass is 10.1. The van der Waals surface area contributed by atoms with Crippen LogP contribution in [0.25, 0.3) is 11.4 Å². The fraction of sp³-hybridized carbons (Fsp3) is 0.286. The number of halogens is 3. The zero-order chi connectivity index (χ0) is 21.7. The highest BCUT2D eigenvalue weighted by Gasteiger charge is 2.24. The Morgan fingerprint density at radius 1 is 1.23 bits per heavy atom. The van der Waals surface area contributed by atoms with Crippen LogP contribution < -0.4 is 0 Å². The highest BCUT2D eigenvalue weighted by atomic mass is 35.5. The van der Waals surface area contributed by atoms with E-state index in [0.29, 0.717) is 41.6 Å². The number of ketones is 1. The van der Waals surface area contributed by atoms with Gasteiger partial charge in [-0.25, -0.2) is 8.78 Å². The van der Waals surface area contributed by atoms with Gasteiger partial charge in [0.2, 0.25) is 0 Å². The van der Waals surface area contributed by atoms with Crippen LogP contribution in [0.4, 0.5) is 8.78 Å². The molecule has 30 heavy (non-hydrogen) atoms. The van der Waals surface area contributed by atoms with Crippen molar-refractivity contribution in [3.8, 4) is 11.4 Å². The number of thioether (sulfide) groups is 1. The van der Waals surface area contributed by atoms with E-state index in [1.54, 1.807) is 20.1 Å². The Morgan fingerprint density at radius 2 is 2.00 bits per heavy atom. The van der Waals surface area contributed by atoms with E-state index >= 15 is 0 Å². The Morgan fingerprint density at radius 3 is 2.70 bits per heavy atom. The SMILES string of the molecule is COCCCn1c(SC(C)C(=O)c2ccc(F)cc2F)nnc1-c1ccccc1Cl. The minimum absolute atomic E-state index is 0.159. The number of benzene rings is 2. The summed E-state index contributed by atoms with van der Waals surface area (Å²) in [6.07, 6.45) is 0.703. The van der Waals surface area contributed by atoms with E-state index in [1.165, 1.54) is 0 Å². The van der Waals surface area contributed by atoms with Gasteiger partial charge in [0, 0.05) is 31.9 Å². The van der Waals surface area contributed by atoms with Crippen LogP contribution in [0.2, 0.25) is 5.02 Å². The third-order valence-electron chi connectivity index (χ3n) is 4.41. The molecule has 1 unspecified atom stereocenters. The number of methoxy groups -OCH3 is 1. The van der Waals surface area contributed by atoms with Crippen LogP contribution in [0.1, 0.15) is 23.7 Å². The lowest BCUT2D eigenvalue weighted by Gasteiger charge is -2.14. The number of aromatic nitrogens is 3. The molecule has 5 nitrogen and oxygen atoms in total. The summed E-state index contributed by atoms with van der Waals surface area (Å²) >= 11 is 7.49. The van der Waals surface area contributed by atoms with Crippen molar-refractivity contribution in [1.82, 2.24) is 14.8 Å². The fourth-order valence-corrected chi connectivity index (χ4v) is 4.07. The normalized spacial score (nSPS) is 12.2. The minimum atomic E-state index is -0.884. The molecule has 3 aromatic rings. The average molecular weight is 452 g/mol. The van der Waals surface area contributed by atoms with Crippen molar-refractivity contribution in [3.63, 3.8) is 0 Å². The first-order chi connectivity index (χ1) is 14.4. The molecule has 1 heterocycles. The summed E-state index contributed by atoms with van der Waals surface area (Å²) in [7, 11) is 1.62. The molecule has 0 fully saturated rings. The van der Waals surface area contributed by atoms with Gasteiger partial charge in [-0.1, -0.05) is 35.5 Å². The number of ether oxygens (including phenoxy) is 1. The number of Topliss-reactive ketones (excluding diaryl/α,β-unsaturated/α-hetero) is 1. The molecule has 0 saturated carbocycles. The van der Waals surface area contributed by atoms with E-state index in [-0.39, 0.29) is 5.56 Å². The van der Waals surface area contributed by atoms with Crippen molar-refractivity contribution < 1.29 is 18.3 Å². The van der Waals surface area contributed by atoms with Crippen LogP contribution in [0.5, 0.6) is 0 Å². The summed E-state index contributed by atoms with van der Waals surface area (Å²) in [5, 5.41) is 8.89. The summed E-state index contributed by atoms with van der Waals surface area (Å²) in [5.74, 6) is -1.49. The highest BCUT2D eigenvalue weighted by Crippen LogP contribution is 2.32. The van der Waals surface area contributed by atoms with Crippen LogP contribution in [0.15, 0.2) is 47.6 Å². The molecule has 0 bridgehead atoms. The number of nitrogens with zero attached hydrogens (tertiary/aromatic N) is 3. The second kappa shape index (κ2) is 10.1. The van der Waals surface area contributed by atoms with E-state index in [2.05, 4.69) is 10.2 Å². The molecule has 1 aromatic heterocycles. The Labute approximate surface area is 182 Å². The quantitative estimate of drug-likeness (QED) is 0.252. The molecule has 0 saturated heterocycles. The Kier molecular flexibility index (Phi) is 7.58. The molecule has 0 aliphatic rings. The average Bonchev–Trinajstić information content (AvgIpc) is 3.10. The lowest BCUT2D eigenvalue weighted by Crippen LogP contribution is -2.16. The first-order valence-corrected chi connectivity index (χ1v) is 10.5. The molecule has 1 atom stereocenters. The second-order valence-electron chi connectivity index (χ2n) is 6.53. The first-order valence-electron chi connectivity index (χ1n) is 9.25. The molecular weight excluding hydrogens is 432 g/mol. The highest BCUT2D eigenvalue weighted by molar-refractivity contribution is 8.00. The van der Waals surface area contributed by atoms with Crippen LogP contribution in [-0.2, 0) is 11.3 Å². The van der Waals surface area contributed by atoms with Gasteiger partial charge in [0.25, 0.3) is 0 Å². The predicted molar refractivity (Wildman–Crippen MR) is 113 cm³/mol. The van der Waals surface area contributed by atoms with Gasteiger partial charge in [0.05, 0.1) is 15.8 Å². The maximum absolute atomic E-state index is 14.0. The van der Waals surface area contributed by atoms with Crippen molar-refractivity contribution >= 4 is 29.1 Å². The van der Waals surface area contributed by atoms with Crippen LogP contribution in [0.3, 0.4) is 0 Å². The Bertz CT molecular complexity index is 1040. The smallest absolute Gasteiger partial charge is 0.192 e. The molecular formula is C21H20ClF2N3O2S. The van der Waals surface area contributed by atoms with E-state index in [9.17, 15) is 13.6 Å². The van der Waals surface area contributed by atoms with E-state index in [4.69, 9.17) is 16.3 Å². The molecule has 158 valence electrons. The van der Waals surface area contributed by atoms with Crippen LogP contribution in [0, 0.1) is 11.6 Å². The number of carbonyl (C=O) groups is 1. The van der Waals surface area contributed by atoms with Gasteiger partial charge in [0.15, 0.2) is 16.8 Å². The molecule has 3 rings (SSSR count). The minimum Gasteiger partial charge on any atom is -0.385 e. The maximum atomic E-state index is 14.0. The van der Waals surface area contributed by atoms with Crippen LogP contribution in [-0.4, -0.2) is 39.5 Å². The largest absolute Gasteiger partial charge is 0.385 e. The summed E-state index contributed by atoms with van der Waals surface area (Å²) < 4.78 is 34.2. The van der Waals surface area contributed by atoms with Crippen molar-refractivity contribution in [2.45, 2.75) is 30.3 Å². The number of carbonyl (C=O) groups excluding carboxylic acids is 1. The monoisotopic (exact) mass is 451 g/mol. The van der Waals surface area contributed by atoms with Crippen molar-refractivity contribution in [3.05, 3.63) is 64.7 Å². The zero-order valence-electron chi connectivity index (χ0n) is 16.4. The Balaban J connectivity index is 1.89. The number of hydrogen-bond donors (Lipinski definition) is 0. The van der Waals surface area contributed by atoms with E-state index < -0.39 is 22.7 Å². The molecule has 0 aliphatic heterocycles. The summed E-state index contributed by atoms with van der Waals surface area (Å²) in [4.78, 5) is 12.7. The van der Waals surface area contributed by atoms with Gasteiger partial charge in [-0.2, -0.15) is 0 Å². The van der Waals surface area contributed by atoms with Gasteiger partial charge in [-0.3, -0.25) is 4.79 Å². The summed E-state index contributed by atoms with van der Waals surface area (Å²) in [5.41, 5.74) is 0.563.